The number of anilines is 4. The molecule has 2 heterocycles. The van der Waals surface area contributed by atoms with Crippen LogP contribution in [0.5, 0.6) is 0 Å². The van der Waals surface area contributed by atoms with Crippen LogP contribution in [0.4, 0.5) is 22.7 Å². The van der Waals surface area contributed by atoms with Crippen LogP contribution in [0.2, 0.25) is 0 Å². The molecule has 0 aliphatic rings. The molecule has 4 aromatic carbocycles. The standard InChI is InChI=1S/C17H19N3.C15H15N3/c1-19(2)14-7-5-12-9-13-6-8-15(20(3)4)11-17(13)18-16(12)10-14;1-16-12-5-3-10-7-11-4-6-13(17-2)9-15(11)18-14(10)8-12/h5-11H,1-4H3;3-9,16-17H,1-2H3. The maximum atomic E-state index is 4.81. The molecule has 0 aliphatic heterocycles. The van der Waals surface area contributed by atoms with E-state index in [2.05, 4.69) is 105 Å². The molecule has 38 heavy (non-hydrogen) atoms. The van der Waals surface area contributed by atoms with E-state index in [4.69, 9.17) is 9.97 Å². The van der Waals surface area contributed by atoms with Gasteiger partial charge in [-0.2, -0.15) is 0 Å². The number of pyridine rings is 2. The molecule has 0 saturated heterocycles. The molecule has 0 atom stereocenters. The minimum absolute atomic E-state index is 1.02. The van der Waals surface area contributed by atoms with Crippen molar-refractivity contribution in [2.45, 2.75) is 0 Å². The summed E-state index contributed by atoms with van der Waals surface area (Å²) in [7, 11) is 12.0. The van der Waals surface area contributed by atoms with E-state index in [0.29, 0.717) is 0 Å². The molecule has 0 aliphatic carbocycles. The zero-order valence-corrected chi connectivity index (χ0v) is 22.9. The van der Waals surface area contributed by atoms with Gasteiger partial charge in [-0.1, -0.05) is 24.3 Å². The van der Waals surface area contributed by atoms with Gasteiger partial charge in [0.25, 0.3) is 0 Å². The quantitative estimate of drug-likeness (QED) is 0.253. The Kier molecular flexibility index (Phi) is 6.88. The van der Waals surface area contributed by atoms with Crippen molar-refractivity contribution in [2.24, 2.45) is 0 Å². The van der Waals surface area contributed by atoms with Gasteiger partial charge in [-0.05, 0) is 60.7 Å². The van der Waals surface area contributed by atoms with Gasteiger partial charge in [-0.3, -0.25) is 0 Å². The second kappa shape index (κ2) is 10.4. The monoisotopic (exact) mass is 502 g/mol. The Balaban J connectivity index is 0.000000156. The Morgan fingerprint density at radius 3 is 1.13 bits per heavy atom. The molecule has 0 spiro atoms. The predicted octanol–water partition coefficient (Wildman–Crippen LogP) is 6.99. The van der Waals surface area contributed by atoms with Crippen molar-refractivity contribution in [3.63, 3.8) is 0 Å². The SMILES string of the molecule is CN(C)c1ccc2cc3ccc(N(C)C)cc3nc2c1.CNc1ccc2cc3ccc(NC)cc3nc2c1. The first-order valence-electron chi connectivity index (χ1n) is 12.7. The maximum absolute atomic E-state index is 4.81. The van der Waals surface area contributed by atoms with Crippen LogP contribution < -0.4 is 20.4 Å². The highest BCUT2D eigenvalue weighted by molar-refractivity contribution is 5.96. The van der Waals surface area contributed by atoms with Crippen molar-refractivity contribution in [2.75, 3.05) is 62.7 Å². The van der Waals surface area contributed by atoms with Crippen LogP contribution in [0.1, 0.15) is 0 Å². The summed E-state index contributed by atoms with van der Waals surface area (Å²) >= 11 is 0. The number of nitrogens with zero attached hydrogens (tertiary/aromatic N) is 4. The second-order valence-corrected chi connectivity index (χ2v) is 9.83. The number of benzene rings is 4. The van der Waals surface area contributed by atoms with Crippen molar-refractivity contribution in [1.82, 2.24) is 9.97 Å². The molecule has 2 N–H and O–H groups in total. The smallest absolute Gasteiger partial charge is 0.0730 e. The average Bonchev–Trinajstić information content (AvgIpc) is 2.93. The first-order chi connectivity index (χ1) is 18.3. The van der Waals surface area contributed by atoms with E-state index in [9.17, 15) is 0 Å². The normalized spacial score (nSPS) is 10.9. The van der Waals surface area contributed by atoms with Gasteiger partial charge in [0.1, 0.15) is 0 Å². The lowest BCUT2D eigenvalue weighted by Gasteiger charge is -2.14. The van der Waals surface area contributed by atoms with Crippen molar-refractivity contribution in [1.29, 1.82) is 0 Å². The van der Waals surface area contributed by atoms with Gasteiger partial charge >= 0.3 is 0 Å². The Bertz CT molecular complexity index is 1630. The fraction of sp³-hybridized carbons (Fsp3) is 0.188. The molecule has 0 unspecified atom stereocenters. The van der Waals surface area contributed by atoms with E-state index in [0.717, 1.165) is 33.4 Å². The van der Waals surface area contributed by atoms with E-state index < -0.39 is 0 Å². The van der Waals surface area contributed by atoms with Crippen LogP contribution in [0.15, 0.2) is 84.9 Å². The lowest BCUT2D eigenvalue weighted by molar-refractivity contribution is 1.13. The Morgan fingerprint density at radius 1 is 0.447 bits per heavy atom. The number of rotatable bonds is 4. The third-order valence-corrected chi connectivity index (χ3v) is 6.80. The Labute approximate surface area is 223 Å². The zero-order chi connectivity index (χ0) is 26.8. The molecular weight excluding hydrogens is 468 g/mol. The van der Waals surface area contributed by atoms with Gasteiger partial charge in [0.05, 0.1) is 22.1 Å². The highest BCUT2D eigenvalue weighted by atomic mass is 15.1. The summed E-state index contributed by atoms with van der Waals surface area (Å²) in [5.74, 6) is 0. The van der Waals surface area contributed by atoms with Gasteiger partial charge in [0.15, 0.2) is 0 Å². The first kappa shape index (κ1) is 25.1. The first-order valence-corrected chi connectivity index (χ1v) is 12.7. The van der Waals surface area contributed by atoms with Crippen molar-refractivity contribution in [3.05, 3.63) is 84.9 Å². The minimum Gasteiger partial charge on any atom is -0.388 e. The van der Waals surface area contributed by atoms with E-state index in [-0.39, 0.29) is 0 Å². The summed E-state index contributed by atoms with van der Waals surface area (Å²) in [4.78, 5) is 13.7. The number of hydrogen-bond donors (Lipinski definition) is 2. The van der Waals surface area contributed by atoms with Gasteiger partial charge < -0.3 is 20.4 Å². The number of nitrogens with one attached hydrogen (secondary N) is 2. The summed E-state index contributed by atoms with van der Waals surface area (Å²) in [6, 6.07) is 29.7. The summed E-state index contributed by atoms with van der Waals surface area (Å²) in [6.07, 6.45) is 0. The van der Waals surface area contributed by atoms with E-state index in [1.807, 2.05) is 42.3 Å². The van der Waals surface area contributed by atoms with Crippen LogP contribution in [0.3, 0.4) is 0 Å². The summed E-state index contributed by atoms with van der Waals surface area (Å²) in [5.41, 5.74) is 8.63. The highest BCUT2D eigenvalue weighted by Gasteiger charge is 2.05. The molecule has 0 fully saturated rings. The van der Waals surface area contributed by atoms with Gasteiger partial charge in [-0.25, -0.2) is 9.97 Å². The van der Waals surface area contributed by atoms with Crippen LogP contribution in [-0.2, 0) is 0 Å². The van der Waals surface area contributed by atoms with Crippen molar-refractivity contribution >= 4 is 66.4 Å². The Morgan fingerprint density at radius 2 is 0.789 bits per heavy atom. The molecular formula is C32H34N6. The van der Waals surface area contributed by atoms with E-state index in [1.54, 1.807) is 0 Å². The molecule has 2 aromatic heterocycles. The maximum Gasteiger partial charge on any atom is 0.0730 e. The van der Waals surface area contributed by atoms with Crippen LogP contribution in [0.25, 0.3) is 43.6 Å². The molecule has 0 radical (unpaired) electrons. The molecule has 6 heteroatoms. The highest BCUT2D eigenvalue weighted by Crippen LogP contribution is 2.26. The van der Waals surface area contributed by atoms with Crippen molar-refractivity contribution in [3.8, 4) is 0 Å². The average molecular weight is 503 g/mol. The summed E-state index contributed by atoms with van der Waals surface area (Å²) in [5, 5.41) is 11.0. The topological polar surface area (TPSA) is 56.3 Å². The molecule has 6 rings (SSSR count). The van der Waals surface area contributed by atoms with E-state index >= 15 is 0 Å². The summed E-state index contributed by atoms with van der Waals surface area (Å²) < 4.78 is 0. The predicted molar refractivity (Wildman–Crippen MR) is 166 cm³/mol. The molecule has 0 saturated carbocycles. The lowest BCUT2D eigenvalue weighted by Crippen LogP contribution is -2.08. The minimum atomic E-state index is 1.02. The van der Waals surface area contributed by atoms with Crippen molar-refractivity contribution < 1.29 is 0 Å². The molecule has 6 nitrogen and oxygen atoms in total. The molecule has 0 amide bonds. The number of fused-ring (bicyclic) bond motifs is 4. The van der Waals surface area contributed by atoms with E-state index in [1.165, 1.54) is 32.9 Å². The summed E-state index contributed by atoms with van der Waals surface area (Å²) in [6.45, 7) is 0. The van der Waals surface area contributed by atoms with Crippen LogP contribution in [-0.4, -0.2) is 52.3 Å². The fourth-order valence-corrected chi connectivity index (χ4v) is 4.49. The number of hydrogen-bond acceptors (Lipinski definition) is 6. The van der Waals surface area contributed by atoms with Gasteiger partial charge in [-0.15, -0.1) is 0 Å². The van der Waals surface area contributed by atoms with Crippen LogP contribution >= 0.6 is 0 Å². The molecule has 0 bridgehead atoms. The number of aromatic nitrogens is 2. The lowest BCUT2D eigenvalue weighted by atomic mass is 10.1. The second-order valence-electron chi connectivity index (χ2n) is 9.83. The zero-order valence-electron chi connectivity index (χ0n) is 22.9. The molecule has 6 aromatic rings. The third kappa shape index (κ3) is 5.11. The fourth-order valence-electron chi connectivity index (χ4n) is 4.49. The third-order valence-electron chi connectivity index (χ3n) is 6.80. The van der Waals surface area contributed by atoms with Crippen LogP contribution in [0, 0.1) is 0 Å². The van der Waals surface area contributed by atoms with Gasteiger partial charge in [0, 0.05) is 86.6 Å². The largest absolute Gasteiger partial charge is 0.388 e. The Hall–Kier alpha value is -4.58. The van der Waals surface area contributed by atoms with Gasteiger partial charge in [0.2, 0.25) is 0 Å². The molecule has 192 valence electrons.